The predicted octanol–water partition coefficient (Wildman–Crippen LogP) is 3.44. The number of sulfonamides is 1. The van der Waals surface area contributed by atoms with Crippen LogP contribution in [0.3, 0.4) is 0 Å². The lowest BCUT2D eigenvalue weighted by molar-refractivity contribution is -0.274. The fourth-order valence-electron chi connectivity index (χ4n) is 2.45. The highest BCUT2D eigenvalue weighted by molar-refractivity contribution is 7.89. The van der Waals surface area contributed by atoms with E-state index in [-0.39, 0.29) is 29.8 Å². The maximum Gasteiger partial charge on any atom is 0.573 e. The minimum absolute atomic E-state index is 0.0926. The van der Waals surface area contributed by atoms with Crippen LogP contribution < -0.4 is 14.8 Å². The number of nitrogens with one attached hydrogen (secondary N) is 2. The molecule has 6 nitrogen and oxygen atoms in total. The molecule has 10 heteroatoms. The van der Waals surface area contributed by atoms with E-state index in [1.807, 2.05) is 38.1 Å². The number of carbonyl (C=O) groups is 1. The van der Waals surface area contributed by atoms with E-state index in [2.05, 4.69) is 14.8 Å². The first-order valence-electron chi connectivity index (χ1n) is 8.68. The van der Waals surface area contributed by atoms with E-state index in [0.717, 1.165) is 35.4 Å². The normalized spacial score (nSPS) is 13.0. The van der Waals surface area contributed by atoms with Crippen molar-refractivity contribution in [3.05, 3.63) is 59.7 Å². The Morgan fingerprint density at radius 2 is 1.66 bits per heavy atom. The number of halogens is 3. The molecule has 0 aromatic heterocycles. The van der Waals surface area contributed by atoms with Gasteiger partial charge in [0.1, 0.15) is 5.75 Å². The van der Waals surface area contributed by atoms with Gasteiger partial charge in [-0.3, -0.25) is 4.79 Å². The van der Waals surface area contributed by atoms with Crippen LogP contribution in [0.2, 0.25) is 0 Å². The minimum Gasteiger partial charge on any atom is -0.406 e. The molecule has 0 saturated carbocycles. The Labute approximate surface area is 167 Å². The Morgan fingerprint density at radius 3 is 2.21 bits per heavy atom. The molecule has 0 fully saturated rings. The van der Waals surface area contributed by atoms with E-state index < -0.39 is 22.1 Å². The number of alkyl halides is 3. The summed E-state index contributed by atoms with van der Waals surface area (Å²) in [5, 5.41) is 2.77. The minimum atomic E-state index is -4.86. The van der Waals surface area contributed by atoms with Crippen molar-refractivity contribution in [2.75, 3.05) is 6.54 Å². The second-order valence-electron chi connectivity index (χ2n) is 6.37. The zero-order chi connectivity index (χ0) is 21.7. The van der Waals surface area contributed by atoms with Crippen LogP contribution in [0.5, 0.6) is 5.75 Å². The van der Waals surface area contributed by atoms with Gasteiger partial charge in [-0.05, 0) is 43.7 Å². The third-order valence-electron chi connectivity index (χ3n) is 3.97. The fraction of sp³-hybridized carbons (Fsp3) is 0.316. The lowest BCUT2D eigenvalue weighted by Gasteiger charge is -2.15. The summed E-state index contributed by atoms with van der Waals surface area (Å²) in [6, 6.07) is 11.2. The van der Waals surface area contributed by atoms with Gasteiger partial charge in [0.2, 0.25) is 15.9 Å². The molecule has 0 saturated heterocycles. The van der Waals surface area contributed by atoms with Crippen LogP contribution in [0.25, 0.3) is 0 Å². The summed E-state index contributed by atoms with van der Waals surface area (Å²) in [5.41, 5.74) is 2.02. The maximum absolute atomic E-state index is 12.2. The van der Waals surface area contributed by atoms with Gasteiger partial charge in [0.25, 0.3) is 0 Å². The van der Waals surface area contributed by atoms with Crippen molar-refractivity contribution in [2.24, 2.45) is 0 Å². The van der Waals surface area contributed by atoms with E-state index in [0.29, 0.717) is 0 Å². The smallest absolute Gasteiger partial charge is 0.406 e. The van der Waals surface area contributed by atoms with Crippen molar-refractivity contribution in [3.63, 3.8) is 0 Å². The lowest BCUT2D eigenvalue weighted by Crippen LogP contribution is -2.32. The van der Waals surface area contributed by atoms with Crippen LogP contribution in [-0.4, -0.2) is 27.2 Å². The summed E-state index contributed by atoms with van der Waals surface area (Å²) >= 11 is 0. The molecule has 0 aliphatic rings. The number of rotatable bonds is 8. The molecule has 2 N–H and O–H groups in total. The van der Waals surface area contributed by atoms with E-state index in [4.69, 9.17) is 0 Å². The van der Waals surface area contributed by atoms with Gasteiger partial charge >= 0.3 is 6.36 Å². The van der Waals surface area contributed by atoms with Crippen molar-refractivity contribution in [1.82, 2.24) is 10.0 Å². The number of hydrogen-bond acceptors (Lipinski definition) is 4. The molecule has 0 spiro atoms. The number of amides is 1. The Hall–Kier alpha value is -2.59. The monoisotopic (exact) mass is 430 g/mol. The first-order valence-corrected chi connectivity index (χ1v) is 10.2. The van der Waals surface area contributed by atoms with Crippen LogP contribution in [0, 0.1) is 6.92 Å². The van der Waals surface area contributed by atoms with Gasteiger partial charge in [0.05, 0.1) is 10.9 Å². The number of aryl methyl sites for hydroxylation is 1. The molecule has 1 unspecified atom stereocenters. The van der Waals surface area contributed by atoms with Gasteiger partial charge in [0.15, 0.2) is 0 Å². The second-order valence-corrected chi connectivity index (χ2v) is 8.13. The van der Waals surface area contributed by atoms with Crippen LogP contribution in [0.1, 0.15) is 30.5 Å². The van der Waals surface area contributed by atoms with Crippen molar-refractivity contribution < 1.29 is 31.1 Å². The SMILES string of the molecule is Cc1ccc(C(C)NC(=O)CCNS(=O)(=O)c2ccc(OC(F)(F)F)cc2)cc1. The summed E-state index contributed by atoms with van der Waals surface area (Å²) in [6.45, 7) is 3.61. The first kappa shape index (κ1) is 22.7. The number of hydrogen-bond donors (Lipinski definition) is 2. The molecule has 2 aromatic carbocycles. The van der Waals surface area contributed by atoms with Crippen LogP contribution in [0.15, 0.2) is 53.4 Å². The Morgan fingerprint density at radius 1 is 1.07 bits per heavy atom. The molecule has 0 aliphatic heterocycles. The van der Waals surface area contributed by atoms with Crippen LogP contribution in [0.4, 0.5) is 13.2 Å². The molecular weight excluding hydrogens is 409 g/mol. The summed E-state index contributed by atoms with van der Waals surface area (Å²) in [7, 11) is -3.97. The Bertz CT molecular complexity index is 927. The van der Waals surface area contributed by atoms with Gasteiger partial charge in [-0.2, -0.15) is 0 Å². The number of ether oxygens (including phenoxy) is 1. The highest BCUT2D eigenvalue weighted by Crippen LogP contribution is 2.23. The van der Waals surface area contributed by atoms with Gasteiger partial charge < -0.3 is 10.1 Å². The van der Waals surface area contributed by atoms with E-state index in [1.165, 1.54) is 0 Å². The van der Waals surface area contributed by atoms with Gasteiger partial charge in [-0.15, -0.1) is 13.2 Å². The summed E-state index contributed by atoms with van der Waals surface area (Å²) < 4.78 is 66.7. The molecule has 0 bridgehead atoms. The lowest BCUT2D eigenvalue weighted by atomic mass is 10.1. The molecule has 2 rings (SSSR count). The molecule has 0 aliphatic carbocycles. The number of benzene rings is 2. The van der Waals surface area contributed by atoms with Crippen LogP contribution >= 0.6 is 0 Å². The topological polar surface area (TPSA) is 84.5 Å². The average molecular weight is 430 g/mol. The maximum atomic E-state index is 12.2. The highest BCUT2D eigenvalue weighted by atomic mass is 32.2. The number of carbonyl (C=O) groups excluding carboxylic acids is 1. The Balaban J connectivity index is 1.85. The van der Waals surface area contributed by atoms with Gasteiger partial charge in [0, 0.05) is 13.0 Å². The molecule has 0 heterocycles. The van der Waals surface area contributed by atoms with Crippen molar-refractivity contribution >= 4 is 15.9 Å². The molecular formula is C19H21F3N2O4S. The summed E-state index contributed by atoms with van der Waals surface area (Å²) in [6.07, 6.45) is -4.95. The third-order valence-corrected chi connectivity index (χ3v) is 5.44. The largest absolute Gasteiger partial charge is 0.573 e. The average Bonchev–Trinajstić information content (AvgIpc) is 2.61. The highest BCUT2D eigenvalue weighted by Gasteiger charge is 2.31. The van der Waals surface area contributed by atoms with Crippen molar-refractivity contribution in [2.45, 2.75) is 37.6 Å². The molecule has 29 heavy (non-hydrogen) atoms. The molecule has 158 valence electrons. The van der Waals surface area contributed by atoms with Crippen LogP contribution in [-0.2, 0) is 14.8 Å². The standard InChI is InChI=1S/C19H21F3N2O4S/c1-13-3-5-15(6-4-13)14(2)24-18(25)11-12-23-29(26,27)17-9-7-16(8-10-17)28-19(20,21)22/h3-10,14,23H,11-12H2,1-2H3,(H,24,25). The molecule has 0 radical (unpaired) electrons. The fourth-order valence-corrected chi connectivity index (χ4v) is 3.49. The zero-order valence-electron chi connectivity index (χ0n) is 15.8. The van der Waals surface area contributed by atoms with E-state index in [9.17, 15) is 26.4 Å². The summed E-state index contributed by atoms with van der Waals surface area (Å²) in [4.78, 5) is 11.8. The molecule has 1 atom stereocenters. The second kappa shape index (κ2) is 9.27. The van der Waals surface area contributed by atoms with E-state index >= 15 is 0 Å². The van der Waals surface area contributed by atoms with Gasteiger partial charge in [-0.25, -0.2) is 13.1 Å². The van der Waals surface area contributed by atoms with Gasteiger partial charge in [-0.1, -0.05) is 29.8 Å². The quantitative estimate of drug-likeness (QED) is 0.672. The Kier molecular flexibility index (Phi) is 7.26. The zero-order valence-corrected chi connectivity index (χ0v) is 16.6. The third kappa shape index (κ3) is 7.39. The predicted molar refractivity (Wildman–Crippen MR) is 101 cm³/mol. The molecule has 2 aromatic rings. The first-order chi connectivity index (χ1) is 13.5. The summed E-state index contributed by atoms with van der Waals surface area (Å²) in [5.74, 6) is -0.865. The van der Waals surface area contributed by atoms with Crippen molar-refractivity contribution in [3.8, 4) is 5.75 Å². The van der Waals surface area contributed by atoms with E-state index in [1.54, 1.807) is 0 Å². The molecule has 1 amide bonds. The van der Waals surface area contributed by atoms with Crippen molar-refractivity contribution in [1.29, 1.82) is 0 Å².